The number of rotatable bonds is 9. The van der Waals surface area contributed by atoms with Gasteiger partial charge in [-0.25, -0.2) is 0 Å². The fourth-order valence-corrected chi connectivity index (χ4v) is 2.69. The Morgan fingerprint density at radius 1 is 0.833 bits per heavy atom. The summed E-state index contributed by atoms with van der Waals surface area (Å²) in [5.41, 5.74) is 1.09. The molecule has 0 unspecified atom stereocenters. The molecule has 0 bridgehead atoms. The van der Waals surface area contributed by atoms with Crippen LogP contribution in [-0.2, 0) is 6.42 Å². The third-order valence-corrected chi connectivity index (χ3v) is 4.03. The summed E-state index contributed by atoms with van der Waals surface area (Å²) < 4.78 is 46.3. The lowest BCUT2D eigenvalue weighted by Gasteiger charge is -2.17. The second-order valence-electron chi connectivity index (χ2n) is 5.75. The van der Waals surface area contributed by atoms with Crippen LogP contribution in [-0.4, -0.2) is 30.6 Å². The Morgan fingerprint density at radius 3 is 1.88 bits per heavy atom. The summed E-state index contributed by atoms with van der Waals surface area (Å²) in [7, 11) is 2.74. The molecule has 24 heavy (non-hydrogen) atoms. The van der Waals surface area contributed by atoms with Crippen molar-refractivity contribution in [1.82, 2.24) is 0 Å². The molecule has 0 saturated carbocycles. The van der Waals surface area contributed by atoms with E-state index in [0.29, 0.717) is 36.8 Å². The number of benzene rings is 1. The fourth-order valence-electron chi connectivity index (χ4n) is 2.69. The van der Waals surface area contributed by atoms with E-state index in [0.717, 1.165) is 6.42 Å². The Hall–Kier alpha value is -1.79. The molecular formula is C17H25F3O4. The highest BCUT2D eigenvalue weighted by atomic mass is 19.4. The van der Waals surface area contributed by atoms with Crippen molar-refractivity contribution in [3.05, 3.63) is 11.1 Å². The summed E-state index contributed by atoms with van der Waals surface area (Å²) in [6.45, 7) is 1.68. The summed E-state index contributed by atoms with van der Waals surface area (Å²) in [6, 6.07) is 0. The van der Waals surface area contributed by atoms with Crippen LogP contribution in [0.4, 0.5) is 13.2 Å². The number of hydrogen-bond acceptors (Lipinski definition) is 4. The topological polar surface area (TPSA) is 58.9 Å². The van der Waals surface area contributed by atoms with Gasteiger partial charge in [-0.3, -0.25) is 0 Å². The monoisotopic (exact) mass is 350 g/mol. The maximum absolute atomic E-state index is 12.0. The minimum absolute atomic E-state index is 0.0679. The van der Waals surface area contributed by atoms with E-state index in [4.69, 9.17) is 9.47 Å². The van der Waals surface area contributed by atoms with Crippen molar-refractivity contribution < 1.29 is 32.9 Å². The highest BCUT2D eigenvalue weighted by Gasteiger charge is 2.26. The van der Waals surface area contributed by atoms with Crippen LogP contribution in [0.3, 0.4) is 0 Å². The number of methoxy groups -OCH3 is 2. The first kappa shape index (κ1) is 20.3. The molecule has 0 radical (unpaired) electrons. The smallest absolute Gasteiger partial charge is 0.389 e. The zero-order valence-corrected chi connectivity index (χ0v) is 14.3. The molecule has 0 amide bonds. The van der Waals surface area contributed by atoms with E-state index in [1.54, 1.807) is 6.92 Å². The van der Waals surface area contributed by atoms with E-state index in [1.165, 1.54) is 14.2 Å². The Balaban J connectivity index is 2.58. The molecule has 2 N–H and O–H groups in total. The van der Waals surface area contributed by atoms with Crippen LogP contribution in [0.5, 0.6) is 23.0 Å². The van der Waals surface area contributed by atoms with E-state index in [-0.39, 0.29) is 29.4 Å². The second-order valence-corrected chi connectivity index (χ2v) is 5.75. The largest absolute Gasteiger partial charge is 0.504 e. The second kappa shape index (κ2) is 8.89. The fraction of sp³-hybridized carbons (Fsp3) is 0.647. The lowest BCUT2D eigenvalue weighted by atomic mass is 9.98. The van der Waals surface area contributed by atoms with Gasteiger partial charge in [0.2, 0.25) is 11.5 Å². The van der Waals surface area contributed by atoms with Gasteiger partial charge in [0.05, 0.1) is 14.2 Å². The molecular weight excluding hydrogens is 325 g/mol. The van der Waals surface area contributed by atoms with Gasteiger partial charge in [0, 0.05) is 17.5 Å². The molecule has 7 heteroatoms. The van der Waals surface area contributed by atoms with E-state index in [9.17, 15) is 23.4 Å². The number of ether oxygens (including phenoxy) is 2. The van der Waals surface area contributed by atoms with Crippen LogP contribution in [0, 0.1) is 6.92 Å². The molecule has 138 valence electrons. The lowest BCUT2D eigenvalue weighted by Crippen LogP contribution is -2.06. The summed E-state index contributed by atoms with van der Waals surface area (Å²) in [5.74, 6) is 0.0261. The highest BCUT2D eigenvalue weighted by molar-refractivity contribution is 5.65. The average molecular weight is 350 g/mol. The summed E-state index contributed by atoms with van der Waals surface area (Å²) in [6.07, 6.45) is -1.48. The highest BCUT2D eigenvalue weighted by Crippen LogP contribution is 2.48. The number of halogens is 3. The van der Waals surface area contributed by atoms with Crippen LogP contribution in [0.25, 0.3) is 0 Å². The molecule has 0 heterocycles. The van der Waals surface area contributed by atoms with Gasteiger partial charge < -0.3 is 19.7 Å². The van der Waals surface area contributed by atoms with Crippen molar-refractivity contribution in [2.24, 2.45) is 0 Å². The third-order valence-electron chi connectivity index (χ3n) is 4.03. The van der Waals surface area contributed by atoms with Gasteiger partial charge >= 0.3 is 6.18 Å². The van der Waals surface area contributed by atoms with Crippen molar-refractivity contribution >= 4 is 0 Å². The lowest BCUT2D eigenvalue weighted by molar-refractivity contribution is -0.135. The van der Waals surface area contributed by atoms with Crippen molar-refractivity contribution in [3.8, 4) is 23.0 Å². The van der Waals surface area contributed by atoms with E-state index >= 15 is 0 Å². The van der Waals surface area contributed by atoms with Crippen LogP contribution in [0.15, 0.2) is 0 Å². The van der Waals surface area contributed by atoms with Gasteiger partial charge in [-0.2, -0.15) is 13.2 Å². The molecule has 0 aromatic heterocycles. The SMILES string of the molecule is COc1c(O)c(C)c(CCCCCCCC(F)(F)F)c(O)c1OC. The molecule has 0 saturated heterocycles. The molecule has 0 aliphatic carbocycles. The number of phenolic OH excluding ortho intramolecular Hbond substituents is 2. The molecule has 0 fully saturated rings. The minimum Gasteiger partial charge on any atom is -0.504 e. The first-order valence-corrected chi connectivity index (χ1v) is 7.95. The Kier molecular flexibility index (Phi) is 7.51. The summed E-state index contributed by atoms with van der Waals surface area (Å²) in [5, 5.41) is 20.4. The van der Waals surface area contributed by atoms with Gasteiger partial charge in [-0.15, -0.1) is 0 Å². The van der Waals surface area contributed by atoms with Crippen molar-refractivity contribution in [3.63, 3.8) is 0 Å². The Morgan fingerprint density at radius 2 is 1.33 bits per heavy atom. The van der Waals surface area contributed by atoms with E-state index in [2.05, 4.69) is 0 Å². The van der Waals surface area contributed by atoms with Crippen LogP contribution >= 0.6 is 0 Å². The molecule has 1 aromatic carbocycles. The molecule has 4 nitrogen and oxygen atoms in total. The molecule has 0 spiro atoms. The molecule has 0 aliphatic rings. The summed E-state index contributed by atoms with van der Waals surface area (Å²) >= 11 is 0. The maximum Gasteiger partial charge on any atom is 0.389 e. The van der Waals surface area contributed by atoms with Crippen LogP contribution in [0.2, 0.25) is 0 Å². The third kappa shape index (κ3) is 5.39. The maximum atomic E-state index is 12.0. The zero-order valence-electron chi connectivity index (χ0n) is 14.3. The first-order valence-electron chi connectivity index (χ1n) is 7.95. The normalized spacial score (nSPS) is 11.6. The van der Waals surface area contributed by atoms with Crippen molar-refractivity contribution in [2.75, 3.05) is 14.2 Å². The Bertz CT molecular complexity index is 542. The van der Waals surface area contributed by atoms with Gasteiger partial charge in [-0.05, 0) is 26.2 Å². The quantitative estimate of drug-likeness (QED) is 0.493. The van der Waals surface area contributed by atoms with Crippen molar-refractivity contribution in [1.29, 1.82) is 0 Å². The summed E-state index contributed by atoms with van der Waals surface area (Å²) in [4.78, 5) is 0. The van der Waals surface area contributed by atoms with Gasteiger partial charge in [0.25, 0.3) is 0 Å². The zero-order chi connectivity index (χ0) is 18.3. The Labute approximate surface area is 140 Å². The number of unbranched alkanes of at least 4 members (excludes halogenated alkanes) is 4. The molecule has 1 rings (SSSR count). The van der Waals surface area contributed by atoms with E-state index < -0.39 is 12.6 Å². The number of phenols is 2. The van der Waals surface area contributed by atoms with Crippen LogP contribution in [0.1, 0.15) is 49.7 Å². The number of hydrogen-bond donors (Lipinski definition) is 2. The van der Waals surface area contributed by atoms with Gasteiger partial charge in [-0.1, -0.05) is 19.3 Å². The average Bonchev–Trinajstić information content (AvgIpc) is 2.51. The van der Waals surface area contributed by atoms with Gasteiger partial charge in [0.15, 0.2) is 11.5 Å². The molecule has 0 atom stereocenters. The predicted octanol–water partition coefficient (Wildman–Crippen LogP) is 4.87. The first-order chi connectivity index (χ1) is 11.2. The number of alkyl halides is 3. The standard InChI is InChI=1S/C17H25F3O4/c1-11-12(9-7-5-4-6-8-10-17(18,19)20)14(22)16(24-3)15(23-2)13(11)21/h21-22H,4-10H2,1-3H3. The van der Waals surface area contributed by atoms with Gasteiger partial charge in [0.1, 0.15) is 0 Å². The minimum atomic E-state index is -4.08. The number of aromatic hydroxyl groups is 2. The van der Waals surface area contributed by atoms with Crippen molar-refractivity contribution in [2.45, 2.75) is 58.0 Å². The molecule has 1 aromatic rings. The van der Waals surface area contributed by atoms with Crippen LogP contribution < -0.4 is 9.47 Å². The van der Waals surface area contributed by atoms with E-state index in [1.807, 2.05) is 0 Å². The molecule has 0 aliphatic heterocycles. The predicted molar refractivity (Wildman–Crippen MR) is 85.1 cm³/mol.